The van der Waals surface area contributed by atoms with Gasteiger partial charge in [0, 0.05) is 6.54 Å². The van der Waals surface area contributed by atoms with Crippen molar-refractivity contribution in [3.63, 3.8) is 0 Å². The number of benzene rings is 2. The highest BCUT2D eigenvalue weighted by Gasteiger charge is 2.35. The van der Waals surface area contributed by atoms with Crippen LogP contribution < -0.4 is 9.64 Å². The first-order valence-corrected chi connectivity index (χ1v) is 10.8. The van der Waals surface area contributed by atoms with Crippen LogP contribution in [0.5, 0.6) is 5.75 Å². The molecule has 1 heterocycles. The van der Waals surface area contributed by atoms with E-state index in [-0.39, 0.29) is 12.5 Å². The predicted octanol–water partition coefficient (Wildman–Crippen LogP) is 5.42. The number of aliphatic imine (C=N–C) groups is 1. The molecule has 1 saturated heterocycles. The highest BCUT2D eigenvalue weighted by molar-refractivity contribution is 8.19. The number of anilines is 1. The highest BCUT2D eigenvalue weighted by atomic mass is 35.5. The van der Waals surface area contributed by atoms with Gasteiger partial charge in [0.15, 0.2) is 5.17 Å². The van der Waals surface area contributed by atoms with Crippen molar-refractivity contribution < 1.29 is 14.6 Å². The van der Waals surface area contributed by atoms with Crippen molar-refractivity contribution in [3.05, 3.63) is 75.9 Å². The minimum atomic E-state index is -0.111. The first kappa shape index (κ1) is 22.2. The minimum absolute atomic E-state index is 0.105. The third kappa shape index (κ3) is 5.14. The fraction of sp³-hybridized carbons (Fsp3) is 0.217. The van der Waals surface area contributed by atoms with Crippen LogP contribution in [0.15, 0.2) is 64.7 Å². The Morgan fingerprint density at radius 1 is 1.27 bits per heavy atom. The molecule has 2 aromatic rings. The van der Waals surface area contributed by atoms with Crippen LogP contribution >= 0.6 is 23.4 Å². The Bertz CT molecular complexity index is 1020. The Morgan fingerprint density at radius 2 is 2.07 bits per heavy atom. The van der Waals surface area contributed by atoms with Gasteiger partial charge in [0.25, 0.3) is 5.91 Å². The molecule has 2 aromatic carbocycles. The molecule has 0 aromatic heterocycles. The Labute approximate surface area is 185 Å². The average molecular weight is 443 g/mol. The molecule has 1 aliphatic heterocycles. The van der Waals surface area contributed by atoms with Crippen molar-refractivity contribution in [2.75, 3.05) is 18.1 Å². The van der Waals surface area contributed by atoms with Crippen LogP contribution in [0.1, 0.15) is 24.5 Å². The lowest BCUT2D eigenvalue weighted by Crippen LogP contribution is -2.29. The lowest BCUT2D eigenvalue weighted by atomic mass is 10.1. The number of aliphatic hydroxyl groups is 1. The second-order valence-electron chi connectivity index (χ2n) is 6.56. The fourth-order valence-electron chi connectivity index (χ4n) is 2.83. The third-order valence-corrected chi connectivity index (χ3v) is 5.59. The quantitative estimate of drug-likeness (QED) is 0.459. The summed E-state index contributed by atoms with van der Waals surface area (Å²) in [5.74, 6) is 0.368. The number of hydrogen-bond acceptors (Lipinski definition) is 5. The Balaban J connectivity index is 1.92. The molecule has 0 unspecified atom stereocenters. The number of nitrogens with zero attached hydrogens (tertiary/aromatic N) is 2. The zero-order chi connectivity index (χ0) is 21.5. The van der Waals surface area contributed by atoms with Crippen molar-refractivity contribution in [1.82, 2.24) is 0 Å². The standard InChI is InChI=1S/C23H23ClN2O3S/c1-3-11-25-23-26(19-8-5-4-7-16(19)2)22(28)21(30-23)15-17-9-10-20(18(24)14-17)29-13-6-12-27/h4-10,13-15,27H,3,11-12H2,1-2H3/b13-6-,21-15-,25-23?. The second-order valence-corrected chi connectivity index (χ2v) is 7.98. The molecule has 156 valence electrons. The normalized spacial score (nSPS) is 16.9. The number of amidine groups is 1. The largest absolute Gasteiger partial charge is 0.464 e. The van der Waals surface area contributed by atoms with Crippen LogP contribution in [0.4, 0.5) is 5.69 Å². The van der Waals surface area contributed by atoms with Crippen LogP contribution in [0.3, 0.4) is 0 Å². The summed E-state index contributed by atoms with van der Waals surface area (Å²) in [5.41, 5.74) is 2.64. The third-order valence-electron chi connectivity index (χ3n) is 4.28. The number of amides is 1. The molecule has 5 nitrogen and oxygen atoms in total. The molecule has 0 atom stereocenters. The number of aliphatic hydroxyl groups excluding tert-OH is 1. The van der Waals surface area contributed by atoms with E-state index in [1.807, 2.05) is 43.3 Å². The number of halogens is 1. The summed E-state index contributed by atoms with van der Waals surface area (Å²) in [6.07, 6.45) is 5.57. The summed E-state index contributed by atoms with van der Waals surface area (Å²) in [6.45, 7) is 4.59. The van der Waals surface area contributed by atoms with Crippen LogP contribution in [0.2, 0.25) is 5.02 Å². The summed E-state index contributed by atoms with van der Waals surface area (Å²) < 4.78 is 5.38. The summed E-state index contributed by atoms with van der Waals surface area (Å²) in [6, 6.07) is 13.1. The van der Waals surface area contributed by atoms with Crippen molar-refractivity contribution >= 4 is 46.2 Å². The van der Waals surface area contributed by atoms with Gasteiger partial charge in [-0.2, -0.15) is 0 Å². The summed E-state index contributed by atoms with van der Waals surface area (Å²) in [7, 11) is 0. The molecule has 0 saturated carbocycles. The molecular weight excluding hydrogens is 420 g/mol. The number of carbonyl (C=O) groups is 1. The van der Waals surface area contributed by atoms with Gasteiger partial charge < -0.3 is 9.84 Å². The van der Waals surface area contributed by atoms with Crippen LogP contribution in [0.25, 0.3) is 6.08 Å². The van der Waals surface area contributed by atoms with Gasteiger partial charge in [-0.3, -0.25) is 14.7 Å². The number of hydrogen-bond donors (Lipinski definition) is 1. The molecule has 1 amide bonds. The summed E-state index contributed by atoms with van der Waals surface area (Å²) in [4.78, 5) is 20.1. The van der Waals surface area contributed by atoms with E-state index in [0.29, 0.717) is 27.4 Å². The van der Waals surface area contributed by atoms with Crippen molar-refractivity contribution in [1.29, 1.82) is 0 Å². The first-order valence-electron chi connectivity index (χ1n) is 9.61. The van der Waals surface area contributed by atoms with E-state index < -0.39 is 0 Å². The zero-order valence-corrected chi connectivity index (χ0v) is 18.4. The molecule has 0 radical (unpaired) electrons. The van der Waals surface area contributed by atoms with Gasteiger partial charge in [-0.25, -0.2) is 0 Å². The van der Waals surface area contributed by atoms with E-state index in [9.17, 15) is 4.79 Å². The van der Waals surface area contributed by atoms with Crippen LogP contribution in [0, 0.1) is 6.92 Å². The van der Waals surface area contributed by atoms with Crippen molar-refractivity contribution in [3.8, 4) is 5.75 Å². The smallest absolute Gasteiger partial charge is 0.271 e. The van der Waals surface area contributed by atoms with E-state index >= 15 is 0 Å². The van der Waals surface area contributed by atoms with E-state index in [0.717, 1.165) is 23.2 Å². The Hall–Kier alpha value is -2.54. The number of para-hydroxylation sites is 1. The topological polar surface area (TPSA) is 62.1 Å². The SMILES string of the molecule is CCCN=C1S/C(=C\c2ccc(O/C=C\CO)c(Cl)c2)C(=O)N1c1ccccc1C. The number of thioether (sulfide) groups is 1. The van der Waals surface area contributed by atoms with Crippen molar-refractivity contribution in [2.24, 2.45) is 4.99 Å². The highest BCUT2D eigenvalue weighted by Crippen LogP contribution is 2.38. The molecule has 1 N–H and O–H groups in total. The maximum atomic E-state index is 13.2. The maximum Gasteiger partial charge on any atom is 0.271 e. The van der Waals surface area contributed by atoms with Gasteiger partial charge in [0.2, 0.25) is 0 Å². The lowest BCUT2D eigenvalue weighted by Gasteiger charge is -2.17. The summed E-state index contributed by atoms with van der Waals surface area (Å²) in [5, 5.41) is 9.88. The molecule has 0 spiro atoms. The number of carbonyl (C=O) groups excluding carboxylic acids is 1. The Morgan fingerprint density at radius 3 is 2.77 bits per heavy atom. The minimum Gasteiger partial charge on any atom is -0.464 e. The van der Waals surface area contributed by atoms with E-state index in [4.69, 9.17) is 21.4 Å². The molecule has 1 fully saturated rings. The second kappa shape index (κ2) is 10.5. The predicted molar refractivity (Wildman–Crippen MR) is 125 cm³/mol. The maximum absolute atomic E-state index is 13.2. The molecular formula is C23H23ClN2O3S. The zero-order valence-electron chi connectivity index (χ0n) is 16.8. The van der Waals surface area contributed by atoms with Crippen LogP contribution in [-0.4, -0.2) is 29.3 Å². The van der Waals surface area contributed by atoms with Crippen LogP contribution in [-0.2, 0) is 4.79 Å². The Kier molecular flexibility index (Phi) is 7.74. The van der Waals surface area contributed by atoms with Gasteiger partial charge in [0.05, 0.1) is 28.5 Å². The fourth-order valence-corrected chi connectivity index (χ4v) is 4.06. The molecule has 0 bridgehead atoms. The molecule has 1 aliphatic rings. The van der Waals surface area contributed by atoms with Gasteiger partial charge in [-0.05, 0) is 66.6 Å². The molecule has 7 heteroatoms. The molecule has 30 heavy (non-hydrogen) atoms. The lowest BCUT2D eigenvalue weighted by molar-refractivity contribution is -0.113. The molecule has 3 rings (SSSR count). The average Bonchev–Trinajstić information content (AvgIpc) is 3.03. The first-order chi connectivity index (χ1) is 14.5. The number of aryl methyl sites for hydroxylation is 1. The summed E-state index contributed by atoms with van der Waals surface area (Å²) >= 11 is 7.66. The van der Waals surface area contributed by atoms with Gasteiger partial charge in [0.1, 0.15) is 5.75 Å². The van der Waals surface area contributed by atoms with E-state index in [1.165, 1.54) is 24.1 Å². The molecule has 0 aliphatic carbocycles. The number of rotatable bonds is 7. The monoisotopic (exact) mass is 442 g/mol. The van der Waals surface area contributed by atoms with Gasteiger partial charge in [-0.1, -0.05) is 42.8 Å². The van der Waals surface area contributed by atoms with E-state index in [1.54, 1.807) is 17.0 Å². The van der Waals surface area contributed by atoms with E-state index in [2.05, 4.69) is 11.9 Å². The van der Waals surface area contributed by atoms with Gasteiger partial charge >= 0.3 is 0 Å². The number of ether oxygens (including phenoxy) is 1. The van der Waals surface area contributed by atoms with Gasteiger partial charge in [-0.15, -0.1) is 0 Å². The van der Waals surface area contributed by atoms with Crippen molar-refractivity contribution in [2.45, 2.75) is 20.3 Å².